The van der Waals surface area contributed by atoms with Gasteiger partial charge in [-0.3, -0.25) is 0 Å². The standard InChI is InChI=1S/C15H10O6.Ga/c16-9-2-3-10(12(18)7-9)15(21)14(20)6-8-1-4-11(17)13(19)5-8;/h1-2,4-5,7,16-20H;. The number of ketones is 1. The molecule has 22 heavy (non-hydrogen) atoms. The van der Waals surface area contributed by atoms with Crippen molar-refractivity contribution < 1.29 is 30.3 Å². The van der Waals surface area contributed by atoms with E-state index in [1.807, 2.05) is 0 Å². The van der Waals surface area contributed by atoms with E-state index in [4.69, 9.17) is 0 Å². The first-order valence-corrected chi connectivity index (χ1v) is 8.71. The fourth-order valence-corrected chi connectivity index (χ4v) is 5.73. The van der Waals surface area contributed by atoms with Crippen molar-refractivity contribution in [3.63, 3.8) is 0 Å². The van der Waals surface area contributed by atoms with E-state index in [2.05, 4.69) is 0 Å². The van der Waals surface area contributed by atoms with Crippen LogP contribution >= 0.6 is 0 Å². The van der Waals surface area contributed by atoms with Crippen LogP contribution in [-0.4, -0.2) is 48.7 Å². The second-order valence-corrected chi connectivity index (χ2v) is 7.99. The first-order valence-electron chi connectivity index (χ1n) is 6.29. The number of hydrogen-bond acceptors (Lipinski definition) is 6. The number of carbonyl (C=O) groups is 1. The maximum absolute atomic E-state index is 12.2. The van der Waals surface area contributed by atoms with Crippen molar-refractivity contribution in [2.45, 2.75) is 0 Å². The van der Waals surface area contributed by atoms with Crippen LogP contribution in [-0.2, 0) is 0 Å². The van der Waals surface area contributed by atoms with Gasteiger partial charge in [-0.2, -0.15) is 0 Å². The molecule has 1 radical (unpaired) electrons. The Morgan fingerprint density at radius 2 is 1.55 bits per heavy atom. The van der Waals surface area contributed by atoms with Gasteiger partial charge in [0.25, 0.3) is 0 Å². The number of aromatic hydroxyl groups is 4. The summed E-state index contributed by atoms with van der Waals surface area (Å²) in [6.45, 7) is 0. The number of aliphatic hydroxyl groups is 1. The SMILES string of the molecule is O=C1C(O)=[C](c2ccc(O)c(O)c2)[Ga][c]2cc(O)cc(O)c21. The van der Waals surface area contributed by atoms with Gasteiger partial charge in [-0.25, -0.2) is 0 Å². The molecule has 0 unspecified atom stereocenters. The third kappa shape index (κ3) is 2.20. The Labute approximate surface area is 132 Å². The number of phenols is 4. The van der Waals surface area contributed by atoms with Gasteiger partial charge < -0.3 is 0 Å². The van der Waals surface area contributed by atoms with Crippen molar-refractivity contribution >= 4 is 31.4 Å². The molecule has 1 aliphatic heterocycles. The molecule has 0 saturated heterocycles. The molecule has 0 aliphatic carbocycles. The van der Waals surface area contributed by atoms with Crippen LogP contribution in [0.3, 0.4) is 0 Å². The molecule has 109 valence electrons. The van der Waals surface area contributed by atoms with Crippen LogP contribution in [0.5, 0.6) is 23.0 Å². The van der Waals surface area contributed by atoms with Gasteiger partial charge in [0.1, 0.15) is 0 Å². The molecule has 0 aromatic heterocycles. The summed E-state index contributed by atoms with van der Waals surface area (Å²) in [5.74, 6) is -2.37. The summed E-state index contributed by atoms with van der Waals surface area (Å²) in [4.78, 5) is 12.2. The molecule has 0 saturated carbocycles. The predicted octanol–water partition coefficient (Wildman–Crippen LogP) is 0.962. The van der Waals surface area contributed by atoms with Gasteiger partial charge in [-0.05, 0) is 0 Å². The molecule has 7 heteroatoms. The number of hydrogen-bond donors (Lipinski definition) is 5. The molecule has 0 fully saturated rings. The van der Waals surface area contributed by atoms with Crippen LogP contribution in [0.1, 0.15) is 15.9 Å². The van der Waals surface area contributed by atoms with Crippen LogP contribution in [0.2, 0.25) is 0 Å². The summed E-state index contributed by atoms with van der Waals surface area (Å²) in [5.41, 5.74) is 0.441. The zero-order chi connectivity index (χ0) is 16.0. The molecule has 0 amide bonds. The molecule has 2 aromatic carbocycles. The average Bonchev–Trinajstić information content (AvgIpc) is 2.45. The Kier molecular flexibility index (Phi) is 3.31. The molecule has 0 atom stereocenters. The van der Waals surface area contributed by atoms with Gasteiger partial charge in [0, 0.05) is 0 Å². The van der Waals surface area contributed by atoms with Crippen molar-refractivity contribution in [2.75, 3.05) is 0 Å². The molecule has 2 aromatic rings. The van der Waals surface area contributed by atoms with Gasteiger partial charge in [-0.1, -0.05) is 0 Å². The average molecular weight is 356 g/mol. The van der Waals surface area contributed by atoms with E-state index in [0.29, 0.717) is 13.8 Å². The Bertz CT molecular complexity index is 840. The molecule has 3 rings (SSSR count). The Morgan fingerprint density at radius 1 is 0.818 bits per heavy atom. The number of phenolic OH excluding ortho intramolecular Hbond substituents is 4. The number of fused-ring (bicyclic) bond motifs is 1. The van der Waals surface area contributed by atoms with Crippen molar-refractivity contribution in [3.8, 4) is 23.0 Å². The number of rotatable bonds is 1. The molecular weight excluding hydrogens is 346 g/mol. The van der Waals surface area contributed by atoms with Crippen LogP contribution in [0.25, 0.3) is 4.13 Å². The van der Waals surface area contributed by atoms with E-state index >= 15 is 0 Å². The summed E-state index contributed by atoms with van der Waals surface area (Å²) >= 11 is -1.56. The Balaban J connectivity index is 2.16. The molecule has 1 aliphatic rings. The number of benzene rings is 2. The number of carbonyl (C=O) groups excluding carboxylic acids is 1. The van der Waals surface area contributed by atoms with Crippen LogP contribution in [0.15, 0.2) is 36.1 Å². The summed E-state index contributed by atoms with van der Waals surface area (Å²) in [6.07, 6.45) is 0. The normalized spacial score (nSPS) is 13.7. The maximum atomic E-state index is 12.2. The molecule has 5 N–H and O–H groups in total. The minimum atomic E-state index is -1.56. The third-order valence-corrected chi connectivity index (χ3v) is 6.90. The first kappa shape index (κ1) is 14.4. The van der Waals surface area contributed by atoms with E-state index < -0.39 is 29.0 Å². The monoisotopic (exact) mass is 355 g/mol. The number of aliphatic hydroxyl groups excluding tert-OH is 1. The molecule has 6 nitrogen and oxygen atoms in total. The summed E-state index contributed by atoms with van der Waals surface area (Å²) in [6, 6.07) is 6.47. The zero-order valence-corrected chi connectivity index (χ0v) is 13.5. The minimum absolute atomic E-state index is 0.0158. The fraction of sp³-hybridized carbons (Fsp3) is 0. The molecule has 1 heterocycles. The first-order chi connectivity index (χ1) is 10.4. The summed E-state index contributed by atoms with van der Waals surface area (Å²) in [7, 11) is 0. The topological polar surface area (TPSA) is 118 Å². The second kappa shape index (κ2) is 5.04. The second-order valence-electron chi connectivity index (χ2n) is 4.87. The fourth-order valence-electron chi connectivity index (χ4n) is 2.37. The van der Waals surface area contributed by atoms with Crippen LogP contribution in [0, 0.1) is 0 Å². The van der Waals surface area contributed by atoms with Gasteiger partial charge in [-0.15, -0.1) is 0 Å². The van der Waals surface area contributed by atoms with Crippen molar-refractivity contribution in [1.82, 2.24) is 0 Å². The summed E-state index contributed by atoms with van der Waals surface area (Å²) in [5, 5.41) is 48.4. The van der Waals surface area contributed by atoms with E-state index in [9.17, 15) is 30.3 Å². The van der Waals surface area contributed by atoms with E-state index in [1.54, 1.807) is 0 Å². The van der Waals surface area contributed by atoms with Gasteiger partial charge in [0.15, 0.2) is 0 Å². The Hall–Kier alpha value is -2.51. The molecular formula is C15H10GaO6. The third-order valence-electron chi connectivity index (χ3n) is 3.42. The predicted molar refractivity (Wildman–Crippen MR) is 78.8 cm³/mol. The number of allylic oxidation sites excluding steroid dienone is 1. The summed E-state index contributed by atoms with van der Waals surface area (Å²) < 4.78 is 0.910. The molecule has 0 spiro atoms. The van der Waals surface area contributed by atoms with Crippen molar-refractivity contribution in [3.05, 3.63) is 47.2 Å². The van der Waals surface area contributed by atoms with Crippen molar-refractivity contribution in [1.29, 1.82) is 0 Å². The molecule has 0 bridgehead atoms. The zero-order valence-electron chi connectivity index (χ0n) is 11.1. The van der Waals surface area contributed by atoms with Gasteiger partial charge in [0.05, 0.1) is 0 Å². The van der Waals surface area contributed by atoms with E-state index in [-0.39, 0.29) is 28.6 Å². The van der Waals surface area contributed by atoms with Gasteiger partial charge >= 0.3 is 132 Å². The quantitative estimate of drug-likeness (QED) is 0.384. The van der Waals surface area contributed by atoms with Gasteiger partial charge in [0.2, 0.25) is 0 Å². The van der Waals surface area contributed by atoms with E-state index in [1.165, 1.54) is 24.3 Å². The van der Waals surface area contributed by atoms with Crippen LogP contribution in [0.4, 0.5) is 0 Å². The van der Waals surface area contributed by atoms with E-state index in [0.717, 1.165) is 6.07 Å². The number of Topliss-reactive ketones (excluding diaryl/α,β-unsaturated/α-hetero) is 1. The Morgan fingerprint density at radius 3 is 2.23 bits per heavy atom. The van der Waals surface area contributed by atoms with Crippen LogP contribution < -0.4 is 4.12 Å². The van der Waals surface area contributed by atoms with Crippen molar-refractivity contribution in [2.24, 2.45) is 0 Å².